The van der Waals surface area contributed by atoms with Crippen LogP contribution in [0.25, 0.3) is 0 Å². The molecule has 1 aromatic carbocycles. The summed E-state index contributed by atoms with van der Waals surface area (Å²) in [6.45, 7) is 2.87. The molecule has 0 unspecified atom stereocenters. The maximum Gasteiger partial charge on any atom is 0.335 e. The van der Waals surface area contributed by atoms with Gasteiger partial charge in [0.25, 0.3) is 0 Å². The van der Waals surface area contributed by atoms with Gasteiger partial charge in [-0.25, -0.2) is 4.79 Å². The van der Waals surface area contributed by atoms with E-state index in [1.807, 2.05) is 6.07 Å². The van der Waals surface area contributed by atoms with Gasteiger partial charge in [0.15, 0.2) is 0 Å². The first kappa shape index (κ1) is 12.6. The van der Waals surface area contributed by atoms with Crippen LogP contribution in [-0.2, 0) is 13.0 Å². The Bertz CT molecular complexity index is 548. The SMILES string of the molecule is CCc1ccc(CNc2cccc(C(=O)O)c2)s1. The summed E-state index contributed by atoms with van der Waals surface area (Å²) in [7, 11) is 0. The fourth-order valence-electron chi connectivity index (χ4n) is 1.66. The first-order chi connectivity index (χ1) is 8.69. The molecule has 0 fully saturated rings. The molecule has 94 valence electrons. The number of anilines is 1. The van der Waals surface area contributed by atoms with E-state index in [9.17, 15) is 4.79 Å². The van der Waals surface area contributed by atoms with E-state index >= 15 is 0 Å². The van der Waals surface area contributed by atoms with E-state index in [4.69, 9.17) is 5.11 Å². The van der Waals surface area contributed by atoms with Crippen molar-refractivity contribution in [2.45, 2.75) is 19.9 Å². The van der Waals surface area contributed by atoms with E-state index in [-0.39, 0.29) is 0 Å². The normalized spacial score (nSPS) is 10.3. The quantitative estimate of drug-likeness (QED) is 0.864. The van der Waals surface area contributed by atoms with Gasteiger partial charge in [-0.05, 0) is 36.8 Å². The van der Waals surface area contributed by atoms with Gasteiger partial charge >= 0.3 is 5.97 Å². The van der Waals surface area contributed by atoms with Crippen LogP contribution >= 0.6 is 11.3 Å². The Kier molecular flexibility index (Phi) is 3.99. The third kappa shape index (κ3) is 3.11. The number of carboxylic acids is 1. The van der Waals surface area contributed by atoms with Crippen LogP contribution in [0, 0.1) is 0 Å². The summed E-state index contributed by atoms with van der Waals surface area (Å²) in [4.78, 5) is 13.5. The minimum absolute atomic E-state index is 0.306. The Hall–Kier alpha value is -1.81. The van der Waals surface area contributed by atoms with Gasteiger partial charge in [0.1, 0.15) is 0 Å². The second kappa shape index (κ2) is 5.69. The Labute approximate surface area is 110 Å². The molecule has 4 heteroatoms. The van der Waals surface area contributed by atoms with Crippen LogP contribution in [0.3, 0.4) is 0 Å². The molecule has 0 atom stereocenters. The molecule has 1 aromatic heterocycles. The number of carboxylic acid groups (broad SMARTS) is 1. The zero-order valence-corrected chi connectivity index (χ0v) is 11.0. The molecule has 2 N–H and O–H groups in total. The predicted molar refractivity (Wildman–Crippen MR) is 74.4 cm³/mol. The van der Waals surface area contributed by atoms with Crippen molar-refractivity contribution in [1.29, 1.82) is 0 Å². The zero-order valence-electron chi connectivity index (χ0n) is 10.1. The fraction of sp³-hybridized carbons (Fsp3) is 0.214. The highest BCUT2D eigenvalue weighted by Gasteiger charge is 2.03. The van der Waals surface area contributed by atoms with E-state index in [1.54, 1.807) is 29.5 Å². The number of aromatic carboxylic acids is 1. The van der Waals surface area contributed by atoms with Crippen molar-refractivity contribution in [2.75, 3.05) is 5.32 Å². The fourth-order valence-corrected chi connectivity index (χ4v) is 2.56. The van der Waals surface area contributed by atoms with E-state index in [0.29, 0.717) is 5.56 Å². The standard InChI is InChI=1S/C14H15NO2S/c1-2-12-6-7-13(18-12)9-15-11-5-3-4-10(8-11)14(16)17/h3-8,15H,2,9H2,1H3,(H,16,17). The van der Waals surface area contributed by atoms with Crippen LogP contribution in [0.4, 0.5) is 5.69 Å². The van der Waals surface area contributed by atoms with Crippen LogP contribution < -0.4 is 5.32 Å². The van der Waals surface area contributed by atoms with Crippen molar-refractivity contribution >= 4 is 23.0 Å². The lowest BCUT2D eigenvalue weighted by Gasteiger charge is -2.05. The lowest BCUT2D eigenvalue weighted by molar-refractivity contribution is 0.0697. The van der Waals surface area contributed by atoms with Crippen molar-refractivity contribution in [2.24, 2.45) is 0 Å². The van der Waals surface area contributed by atoms with Gasteiger partial charge in [-0.15, -0.1) is 11.3 Å². The topological polar surface area (TPSA) is 49.3 Å². The average molecular weight is 261 g/mol. The molecule has 0 bridgehead atoms. The number of carbonyl (C=O) groups is 1. The smallest absolute Gasteiger partial charge is 0.335 e. The minimum atomic E-state index is -0.900. The van der Waals surface area contributed by atoms with E-state index in [2.05, 4.69) is 24.4 Å². The maximum atomic E-state index is 10.8. The van der Waals surface area contributed by atoms with Gasteiger partial charge in [-0.1, -0.05) is 13.0 Å². The zero-order chi connectivity index (χ0) is 13.0. The van der Waals surface area contributed by atoms with Crippen LogP contribution in [0.2, 0.25) is 0 Å². The van der Waals surface area contributed by atoms with Crippen molar-refractivity contribution in [3.63, 3.8) is 0 Å². The molecule has 0 aliphatic carbocycles. The number of benzene rings is 1. The van der Waals surface area contributed by atoms with Crippen LogP contribution in [0.5, 0.6) is 0 Å². The number of aryl methyl sites for hydroxylation is 1. The number of nitrogens with one attached hydrogen (secondary N) is 1. The Morgan fingerprint density at radius 3 is 2.72 bits per heavy atom. The largest absolute Gasteiger partial charge is 0.478 e. The van der Waals surface area contributed by atoms with Crippen molar-refractivity contribution in [1.82, 2.24) is 0 Å². The third-order valence-electron chi connectivity index (χ3n) is 2.64. The molecule has 0 aliphatic rings. The molecule has 0 aliphatic heterocycles. The highest BCUT2D eigenvalue weighted by Crippen LogP contribution is 2.19. The molecule has 0 saturated heterocycles. The van der Waals surface area contributed by atoms with Crippen LogP contribution in [0.15, 0.2) is 36.4 Å². The van der Waals surface area contributed by atoms with Gasteiger partial charge in [0, 0.05) is 22.0 Å². The van der Waals surface area contributed by atoms with E-state index in [1.165, 1.54) is 9.75 Å². The second-order valence-electron chi connectivity index (χ2n) is 3.96. The molecule has 1 heterocycles. The van der Waals surface area contributed by atoms with Crippen LogP contribution in [-0.4, -0.2) is 11.1 Å². The Morgan fingerprint density at radius 1 is 1.28 bits per heavy atom. The monoisotopic (exact) mass is 261 g/mol. The molecule has 2 aromatic rings. The highest BCUT2D eigenvalue weighted by atomic mass is 32.1. The molecule has 0 saturated carbocycles. The Balaban J connectivity index is 2.01. The van der Waals surface area contributed by atoms with Crippen molar-refractivity contribution in [3.05, 3.63) is 51.7 Å². The minimum Gasteiger partial charge on any atom is -0.478 e. The number of thiophene rings is 1. The molecular formula is C14H15NO2S. The molecule has 0 spiro atoms. The summed E-state index contributed by atoms with van der Waals surface area (Å²) in [6.07, 6.45) is 1.05. The summed E-state index contributed by atoms with van der Waals surface area (Å²) in [6, 6.07) is 11.1. The average Bonchev–Trinajstić information content (AvgIpc) is 2.84. The Morgan fingerprint density at radius 2 is 2.06 bits per heavy atom. The first-order valence-electron chi connectivity index (χ1n) is 5.84. The third-order valence-corrected chi connectivity index (χ3v) is 3.87. The molecule has 2 rings (SSSR count). The summed E-state index contributed by atoms with van der Waals surface area (Å²) in [5.41, 5.74) is 1.14. The van der Waals surface area contributed by atoms with Crippen LogP contribution in [0.1, 0.15) is 27.0 Å². The number of rotatable bonds is 5. The molecule has 0 radical (unpaired) electrons. The first-order valence-corrected chi connectivity index (χ1v) is 6.65. The molecule has 18 heavy (non-hydrogen) atoms. The number of hydrogen-bond acceptors (Lipinski definition) is 3. The summed E-state index contributed by atoms with van der Waals surface area (Å²) >= 11 is 1.78. The van der Waals surface area contributed by atoms with Gasteiger partial charge in [-0.2, -0.15) is 0 Å². The highest BCUT2D eigenvalue weighted by molar-refractivity contribution is 7.12. The molecular weight excluding hydrogens is 246 g/mol. The van der Waals surface area contributed by atoms with Crippen molar-refractivity contribution < 1.29 is 9.90 Å². The van der Waals surface area contributed by atoms with Gasteiger partial charge in [0.05, 0.1) is 5.56 Å². The van der Waals surface area contributed by atoms with Crippen molar-refractivity contribution in [3.8, 4) is 0 Å². The summed E-state index contributed by atoms with van der Waals surface area (Å²) in [5, 5.41) is 12.1. The van der Waals surface area contributed by atoms with Gasteiger partial charge < -0.3 is 10.4 Å². The summed E-state index contributed by atoms with van der Waals surface area (Å²) < 4.78 is 0. The van der Waals surface area contributed by atoms with E-state index < -0.39 is 5.97 Å². The lowest BCUT2D eigenvalue weighted by Crippen LogP contribution is -2.00. The summed E-state index contributed by atoms with van der Waals surface area (Å²) in [5.74, 6) is -0.900. The van der Waals surface area contributed by atoms with Gasteiger partial charge in [0.2, 0.25) is 0 Å². The van der Waals surface area contributed by atoms with Gasteiger partial charge in [-0.3, -0.25) is 0 Å². The maximum absolute atomic E-state index is 10.8. The lowest BCUT2D eigenvalue weighted by atomic mass is 10.2. The molecule has 0 amide bonds. The predicted octanol–water partition coefficient (Wildman–Crippen LogP) is 3.62. The second-order valence-corrected chi connectivity index (χ2v) is 5.21. The number of hydrogen-bond donors (Lipinski definition) is 2. The molecule has 3 nitrogen and oxygen atoms in total. The van der Waals surface area contributed by atoms with E-state index in [0.717, 1.165) is 18.7 Å².